The van der Waals surface area contributed by atoms with Crippen LogP contribution in [0.1, 0.15) is 33.1 Å². The van der Waals surface area contributed by atoms with Gasteiger partial charge in [0.25, 0.3) is 0 Å². The Bertz CT molecular complexity index is 180. The Morgan fingerprint density at radius 2 is 2.08 bits per heavy atom. The van der Waals surface area contributed by atoms with E-state index in [2.05, 4.69) is 5.32 Å². The number of carboxylic acids is 1. The lowest BCUT2D eigenvalue weighted by Gasteiger charge is -2.07. The summed E-state index contributed by atoms with van der Waals surface area (Å²) in [5.41, 5.74) is 0. The molecule has 0 aromatic rings. The van der Waals surface area contributed by atoms with Crippen molar-refractivity contribution in [2.45, 2.75) is 33.1 Å². The summed E-state index contributed by atoms with van der Waals surface area (Å²) in [4.78, 5) is 21.4. The fourth-order valence-corrected chi connectivity index (χ4v) is 0.780. The van der Waals surface area contributed by atoms with Gasteiger partial charge in [0, 0.05) is 13.0 Å². The average Bonchev–Trinajstić information content (AvgIpc) is 2.10. The van der Waals surface area contributed by atoms with E-state index in [9.17, 15) is 9.59 Å². The Morgan fingerprint density at radius 3 is 2.54 bits per heavy atom. The van der Waals surface area contributed by atoms with E-state index in [-0.39, 0.29) is 12.5 Å². The standard InChI is InChI=1S/C9H17NO3/c1-3-4-5-8(11)10-6-7(2)9(12)13/h7H,3-6H2,1-2H3,(H,10,11)(H,12,13). The monoisotopic (exact) mass is 187 g/mol. The second-order valence-corrected chi connectivity index (χ2v) is 3.15. The third-order valence-corrected chi connectivity index (χ3v) is 1.78. The first-order chi connectivity index (χ1) is 6.07. The Balaban J connectivity index is 3.52. The molecule has 0 aliphatic heterocycles. The van der Waals surface area contributed by atoms with Crippen LogP contribution in [-0.2, 0) is 9.59 Å². The average molecular weight is 187 g/mol. The zero-order chi connectivity index (χ0) is 10.3. The molecule has 0 heterocycles. The maximum atomic E-state index is 11.0. The van der Waals surface area contributed by atoms with Crippen LogP contribution in [-0.4, -0.2) is 23.5 Å². The van der Waals surface area contributed by atoms with Crippen LogP contribution in [0, 0.1) is 5.92 Å². The van der Waals surface area contributed by atoms with E-state index in [4.69, 9.17) is 5.11 Å². The SMILES string of the molecule is CCCCC(=O)NCC(C)C(=O)O. The quantitative estimate of drug-likeness (QED) is 0.652. The van der Waals surface area contributed by atoms with Crippen LogP contribution in [0.3, 0.4) is 0 Å². The third-order valence-electron chi connectivity index (χ3n) is 1.78. The van der Waals surface area contributed by atoms with Crippen molar-refractivity contribution in [2.75, 3.05) is 6.54 Å². The minimum absolute atomic E-state index is 0.0602. The van der Waals surface area contributed by atoms with E-state index in [0.29, 0.717) is 6.42 Å². The summed E-state index contributed by atoms with van der Waals surface area (Å²) < 4.78 is 0. The van der Waals surface area contributed by atoms with Gasteiger partial charge in [-0.15, -0.1) is 0 Å². The molecule has 0 saturated heterocycles. The van der Waals surface area contributed by atoms with Crippen molar-refractivity contribution in [3.05, 3.63) is 0 Å². The lowest BCUT2D eigenvalue weighted by atomic mass is 10.2. The summed E-state index contributed by atoms with van der Waals surface area (Å²) in [5.74, 6) is -1.45. The molecule has 0 bridgehead atoms. The molecule has 0 radical (unpaired) electrons. The van der Waals surface area contributed by atoms with Gasteiger partial charge < -0.3 is 10.4 Å². The predicted molar refractivity (Wildman–Crippen MR) is 49.3 cm³/mol. The first-order valence-corrected chi connectivity index (χ1v) is 4.57. The van der Waals surface area contributed by atoms with E-state index in [0.717, 1.165) is 12.8 Å². The normalized spacial score (nSPS) is 12.2. The summed E-state index contributed by atoms with van der Waals surface area (Å²) in [6, 6.07) is 0. The molecule has 4 heteroatoms. The molecular weight excluding hydrogens is 170 g/mol. The molecule has 2 N–H and O–H groups in total. The fourth-order valence-electron chi connectivity index (χ4n) is 0.780. The number of hydrogen-bond donors (Lipinski definition) is 2. The molecule has 0 fully saturated rings. The van der Waals surface area contributed by atoms with Crippen molar-refractivity contribution in [3.63, 3.8) is 0 Å². The molecule has 0 spiro atoms. The van der Waals surface area contributed by atoms with Gasteiger partial charge in [-0.2, -0.15) is 0 Å². The summed E-state index contributed by atoms with van der Waals surface area (Å²) in [7, 11) is 0. The zero-order valence-corrected chi connectivity index (χ0v) is 8.17. The predicted octanol–water partition coefficient (Wildman–Crippen LogP) is 1.01. The molecule has 4 nitrogen and oxygen atoms in total. The van der Waals surface area contributed by atoms with Gasteiger partial charge in [-0.25, -0.2) is 0 Å². The Kier molecular flexibility index (Phi) is 5.93. The Morgan fingerprint density at radius 1 is 1.46 bits per heavy atom. The van der Waals surface area contributed by atoms with Gasteiger partial charge in [-0.3, -0.25) is 9.59 Å². The van der Waals surface area contributed by atoms with Crippen LogP contribution >= 0.6 is 0 Å². The van der Waals surface area contributed by atoms with E-state index in [1.54, 1.807) is 6.92 Å². The molecule has 1 unspecified atom stereocenters. The number of aliphatic carboxylic acids is 1. The Labute approximate surface area is 78.3 Å². The first-order valence-electron chi connectivity index (χ1n) is 4.57. The van der Waals surface area contributed by atoms with E-state index < -0.39 is 11.9 Å². The summed E-state index contributed by atoms with van der Waals surface area (Å²) >= 11 is 0. The largest absolute Gasteiger partial charge is 0.481 e. The van der Waals surface area contributed by atoms with Crippen molar-refractivity contribution in [1.29, 1.82) is 0 Å². The second-order valence-electron chi connectivity index (χ2n) is 3.15. The minimum atomic E-state index is -0.879. The molecule has 0 rings (SSSR count). The maximum Gasteiger partial charge on any atom is 0.308 e. The number of carbonyl (C=O) groups excluding carboxylic acids is 1. The number of unbranched alkanes of at least 4 members (excludes halogenated alkanes) is 1. The summed E-state index contributed by atoms with van der Waals surface area (Å²) in [6.45, 7) is 3.80. The van der Waals surface area contributed by atoms with Gasteiger partial charge >= 0.3 is 5.97 Å². The van der Waals surface area contributed by atoms with Gasteiger partial charge in [0.1, 0.15) is 0 Å². The van der Waals surface area contributed by atoms with E-state index >= 15 is 0 Å². The number of hydrogen-bond acceptors (Lipinski definition) is 2. The third kappa shape index (κ3) is 6.13. The van der Waals surface area contributed by atoms with Crippen LogP contribution in [0.2, 0.25) is 0 Å². The molecule has 0 saturated carbocycles. The number of amides is 1. The number of rotatable bonds is 6. The minimum Gasteiger partial charge on any atom is -0.481 e. The molecule has 1 amide bonds. The molecular formula is C9H17NO3. The smallest absolute Gasteiger partial charge is 0.308 e. The van der Waals surface area contributed by atoms with E-state index in [1.165, 1.54) is 0 Å². The van der Waals surface area contributed by atoms with Crippen molar-refractivity contribution < 1.29 is 14.7 Å². The maximum absolute atomic E-state index is 11.0. The van der Waals surface area contributed by atoms with Crippen molar-refractivity contribution in [3.8, 4) is 0 Å². The van der Waals surface area contributed by atoms with Crippen LogP contribution < -0.4 is 5.32 Å². The van der Waals surface area contributed by atoms with E-state index in [1.807, 2.05) is 6.92 Å². The highest BCUT2D eigenvalue weighted by Crippen LogP contribution is 1.95. The molecule has 76 valence electrons. The number of carbonyl (C=O) groups is 2. The van der Waals surface area contributed by atoms with Crippen molar-refractivity contribution >= 4 is 11.9 Å². The summed E-state index contributed by atoms with van der Waals surface area (Å²) in [5, 5.41) is 11.1. The highest BCUT2D eigenvalue weighted by atomic mass is 16.4. The van der Waals surface area contributed by atoms with Crippen molar-refractivity contribution in [1.82, 2.24) is 5.32 Å². The molecule has 0 aliphatic rings. The first kappa shape index (κ1) is 11.9. The van der Waals surface area contributed by atoms with Crippen LogP contribution in [0.25, 0.3) is 0 Å². The molecule has 0 aromatic carbocycles. The molecule has 13 heavy (non-hydrogen) atoms. The van der Waals surface area contributed by atoms with Crippen LogP contribution in [0.5, 0.6) is 0 Å². The summed E-state index contributed by atoms with van der Waals surface area (Å²) in [6.07, 6.45) is 2.32. The van der Waals surface area contributed by atoms with Crippen molar-refractivity contribution in [2.24, 2.45) is 5.92 Å². The zero-order valence-electron chi connectivity index (χ0n) is 8.17. The van der Waals surface area contributed by atoms with Crippen LogP contribution in [0.4, 0.5) is 0 Å². The Hall–Kier alpha value is -1.06. The number of carboxylic acid groups (broad SMARTS) is 1. The number of nitrogens with one attached hydrogen (secondary N) is 1. The lowest BCUT2D eigenvalue weighted by Crippen LogP contribution is -2.31. The lowest BCUT2D eigenvalue weighted by molar-refractivity contribution is -0.141. The highest BCUT2D eigenvalue weighted by Gasteiger charge is 2.11. The van der Waals surface area contributed by atoms with Gasteiger partial charge in [-0.05, 0) is 6.42 Å². The van der Waals surface area contributed by atoms with Gasteiger partial charge in [0.2, 0.25) is 5.91 Å². The fraction of sp³-hybridized carbons (Fsp3) is 0.778. The van der Waals surface area contributed by atoms with Crippen LogP contribution in [0.15, 0.2) is 0 Å². The molecule has 1 atom stereocenters. The van der Waals surface area contributed by atoms with Gasteiger partial charge in [0.15, 0.2) is 0 Å². The second kappa shape index (κ2) is 6.46. The topological polar surface area (TPSA) is 66.4 Å². The molecule has 0 aromatic heterocycles. The van der Waals surface area contributed by atoms with Gasteiger partial charge in [-0.1, -0.05) is 20.3 Å². The van der Waals surface area contributed by atoms with Gasteiger partial charge in [0.05, 0.1) is 5.92 Å². The highest BCUT2D eigenvalue weighted by molar-refractivity contribution is 5.77. The molecule has 0 aliphatic carbocycles.